The normalized spacial score (nSPS) is 16.4. The molecule has 3 aromatic rings. The zero-order valence-electron chi connectivity index (χ0n) is 14.1. The number of furan rings is 1. The van der Waals surface area contributed by atoms with Crippen molar-refractivity contribution in [1.82, 2.24) is 4.90 Å². The van der Waals surface area contributed by atoms with Crippen molar-refractivity contribution in [2.45, 2.75) is 25.8 Å². The number of hydrogen-bond acceptors (Lipinski definition) is 2. The lowest BCUT2D eigenvalue weighted by atomic mass is 9.99. The summed E-state index contributed by atoms with van der Waals surface area (Å²) in [4.78, 5) is 2.58. The molecule has 4 rings (SSSR count). The van der Waals surface area contributed by atoms with Crippen molar-refractivity contribution in [3.63, 3.8) is 0 Å². The van der Waals surface area contributed by atoms with Crippen LogP contribution < -0.4 is 0 Å². The van der Waals surface area contributed by atoms with Gasteiger partial charge in [0.2, 0.25) is 0 Å². The van der Waals surface area contributed by atoms with Gasteiger partial charge in [-0.3, -0.25) is 4.90 Å². The Morgan fingerprint density at radius 1 is 0.792 bits per heavy atom. The van der Waals surface area contributed by atoms with Gasteiger partial charge in [-0.2, -0.15) is 0 Å². The molecule has 0 radical (unpaired) electrons. The molecule has 1 fully saturated rings. The predicted octanol–water partition coefficient (Wildman–Crippen LogP) is 5.77. The number of nitrogens with zero attached hydrogens (tertiary/aromatic N) is 1. The second-order valence-electron chi connectivity index (χ2n) is 6.60. The van der Waals surface area contributed by atoms with Gasteiger partial charge < -0.3 is 4.42 Å². The van der Waals surface area contributed by atoms with Crippen molar-refractivity contribution in [3.05, 3.63) is 72.5 Å². The van der Waals surface area contributed by atoms with E-state index in [4.69, 9.17) is 4.42 Å². The van der Waals surface area contributed by atoms with Crippen LogP contribution in [0.15, 0.2) is 71.3 Å². The molecule has 1 atom stereocenters. The van der Waals surface area contributed by atoms with E-state index in [0.29, 0.717) is 6.04 Å². The average molecular weight is 317 g/mol. The summed E-state index contributed by atoms with van der Waals surface area (Å²) in [5.41, 5.74) is 5.03. The lowest BCUT2D eigenvalue weighted by molar-refractivity contribution is 0.263. The molecule has 0 amide bonds. The Hall–Kier alpha value is -2.32. The second-order valence-corrected chi connectivity index (χ2v) is 6.60. The fourth-order valence-electron chi connectivity index (χ4n) is 3.56. The largest absolute Gasteiger partial charge is 0.464 e. The highest BCUT2D eigenvalue weighted by atomic mass is 16.3. The molecule has 24 heavy (non-hydrogen) atoms. The quantitative estimate of drug-likeness (QED) is 0.607. The molecule has 1 aromatic heterocycles. The van der Waals surface area contributed by atoms with Crippen molar-refractivity contribution in [2.24, 2.45) is 0 Å². The van der Waals surface area contributed by atoms with Crippen LogP contribution in [0.4, 0.5) is 0 Å². The minimum Gasteiger partial charge on any atom is -0.464 e. The number of hydrogen-bond donors (Lipinski definition) is 0. The first kappa shape index (κ1) is 15.2. The molecule has 0 spiro atoms. The molecular formula is C22H23NO. The van der Waals surface area contributed by atoms with Gasteiger partial charge in [0.25, 0.3) is 0 Å². The molecule has 2 heteroatoms. The van der Waals surface area contributed by atoms with Crippen LogP contribution in [-0.4, -0.2) is 18.0 Å². The number of likely N-dealkylation sites (tertiary alicyclic amines) is 1. The number of rotatable bonds is 4. The summed E-state index contributed by atoms with van der Waals surface area (Å²) < 4.78 is 5.45. The maximum atomic E-state index is 5.45. The van der Waals surface area contributed by atoms with E-state index in [2.05, 4.69) is 60.4 Å². The van der Waals surface area contributed by atoms with Crippen LogP contribution in [-0.2, 0) is 0 Å². The summed E-state index contributed by atoms with van der Waals surface area (Å²) in [6, 6.07) is 22.0. The predicted molar refractivity (Wildman–Crippen MR) is 98.8 cm³/mol. The van der Waals surface area contributed by atoms with Gasteiger partial charge in [0.05, 0.1) is 6.26 Å². The van der Waals surface area contributed by atoms with Crippen molar-refractivity contribution in [3.8, 4) is 22.5 Å². The minimum absolute atomic E-state index is 0.517. The van der Waals surface area contributed by atoms with Gasteiger partial charge in [-0.1, -0.05) is 48.5 Å². The van der Waals surface area contributed by atoms with E-state index in [1.54, 1.807) is 6.26 Å². The molecule has 122 valence electrons. The van der Waals surface area contributed by atoms with E-state index in [9.17, 15) is 0 Å². The van der Waals surface area contributed by atoms with Crippen LogP contribution in [0.2, 0.25) is 0 Å². The Labute approximate surface area is 143 Å². The van der Waals surface area contributed by atoms with E-state index in [1.165, 1.54) is 42.6 Å². The molecular weight excluding hydrogens is 294 g/mol. The Kier molecular flexibility index (Phi) is 4.22. The van der Waals surface area contributed by atoms with Crippen molar-refractivity contribution >= 4 is 0 Å². The van der Waals surface area contributed by atoms with Crippen LogP contribution in [0.1, 0.15) is 31.4 Å². The molecule has 1 aliphatic rings. The minimum atomic E-state index is 0.517. The highest BCUT2D eigenvalue weighted by molar-refractivity contribution is 5.68. The molecule has 1 unspecified atom stereocenters. The zero-order chi connectivity index (χ0) is 16.4. The standard InChI is InChI=1S/C22H23NO/c1-17(23-14-2-3-15-23)18-6-8-19(9-7-18)20-10-12-21(13-11-20)22-5-4-16-24-22/h4-13,16-17H,2-3,14-15H2,1H3. The summed E-state index contributed by atoms with van der Waals surface area (Å²) in [6.45, 7) is 4.78. The molecule has 1 aliphatic heterocycles. The molecule has 1 saturated heterocycles. The SMILES string of the molecule is CC(c1ccc(-c2ccc(-c3ccco3)cc2)cc1)N1CCCC1. The summed E-state index contributed by atoms with van der Waals surface area (Å²) in [7, 11) is 0. The highest BCUT2D eigenvalue weighted by Crippen LogP contribution is 2.28. The van der Waals surface area contributed by atoms with E-state index in [-0.39, 0.29) is 0 Å². The Bertz CT molecular complexity index is 766. The summed E-state index contributed by atoms with van der Waals surface area (Å²) in [6.07, 6.45) is 4.39. The van der Waals surface area contributed by atoms with Gasteiger partial charge in [-0.15, -0.1) is 0 Å². The molecule has 2 nitrogen and oxygen atoms in total. The van der Waals surface area contributed by atoms with E-state index in [1.807, 2.05) is 12.1 Å². The van der Waals surface area contributed by atoms with Gasteiger partial charge in [-0.25, -0.2) is 0 Å². The highest BCUT2D eigenvalue weighted by Gasteiger charge is 2.19. The second kappa shape index (κ2) is 6.66. The van der Waals surface area contributed by atoms with E-state index in [0.717, 1.165) is 11.3 Å². The van der Waals surface area contributed by atoms with Gasteiger partial charge in [0.15, 0.2) is 0 Å². The molecule has 2 aromatic carbocycles. The first-order valence-corrected chi connectivity index (χ1v) is 8.79. The van der Waals surface area contributed by atoms with Crippen molar-refractivity contribution in [2.75, 3.05) is 13.1 Å². The smallest absolute Gasteiger partial charge is 0.133 e. The van der Waals surface area contributed by atoms with Gasteiger partial charge in [0.1, 0.15) is 5.76 Å². The van der Waals surface area contributed by atoms with Crippen LogP contribution >= 0.6 is 0 Å². The first-order valence-electron chi connectivity index (χ1n) is 8.79. The monoisotopic (exact) mass is 317 g/mol. The van der Waals surface area contributed by atoms with Crippen molar-refractivity contribution < 1.29 is 4.42 Å². The number of benzene rings is 2. The summed E-state index contributed by atoms with van der Waals surface area (Å²) >= 11 is 0. The first-order chi connectivity index (χ1) is 11.8. The Morgan fingerprint density at radius 3 is 1.96 bits per heavy atom. The van der Waals surface area contributed by atoms with Crippen molar-refractivity contribution in [1.29, 1.82) is 0 Å². The molecule has 0 saturated carbocycles. The summed E-state index contributed by atoms with van der Waals surface area (Å²) in [5, 5.41) is 0. The van der Waals surface area contributed by atoms with Gasteiger partial charge >= 0.3 is 0 Å². The van der Waals surface area contributed by atoms with E-state index < -0.39 is 0 Å². The van der Waals surface area contributed by atoms with Gasteiger partial charge in [-0.05, 0) is 61.7 Å². The average Bonchev–Trinajstić information content (AvgIpc) is 3.35. The third-order valence-electron chi connectivity index (χ3n) is 5.11. The summed E-state index contributed by atoms with van der Waals surface area (Å²) in [5.74, 6) is 0.913. The Morgan fingerprint density at radius 2 is 1.38 bits per heavy atom. The maximum absolute atomic E-state index is 5.45. The van der Waals surface area contributed by atoms with Crippen LogP contribution in [0.5, 0.6) is 0 Å². The lowest BCUT2D eigenvalue weighted by Gasteiger charge is -2.24. The molecule has 2 heterocycles. The topological polar surface area (TPSA) is 16.4 Å². The third kappa shape index (κ3) is 3.02. The lowest BCUT2D eigenvalue weighted by Crippen LogP contribution is -2.23. The van der Waals surface area contributed by atoms with Crippen LogP contribution in [0, 0.1) is 0 Å². The third-order valence-corrected chi connectivity index (χ3v) is 5.11. The molecule has 0 bridgehead atoms. The van der Waals surface area contributed by atoms with Crippen LogP contribution in [0.3, 0.4) is 0 Å². The molecule has 0 aliphatic carbocycles. The van der Waals surface area contributed by atoms with Gasteiger partial charge in [0, 0.05) is 11.6 Å². The Balaban J connectivity index is 1.52. The molecule has 0 N–H and O–H groups in total. The fraction of sp³-hybridized carbons (Fsp3) is 0.273. The van der Waals surface area contributed by atoms with E-state index >= 15 is 0 Å². The van der Waals surface area contributed by atoms with Crippen LogP contribution in [0.25, 0.3) is 22.5 Å². The zero-order valence-corrected chi connectivity index (χ0v) is 14.1. The fourth-order valence-corrected chi connectivity index (χ4v) is 3.56. The maximum Gasteiger partial charge on any atom is 0.133 e.